The van der Waals surface area contributed by atoms with Crippen LogP contribution in [0.25, 0.3) is 0 Å². The lowest BCUT2D eigenvalue weighted by Crippen LogP contribution is -2.38. The Balaban J connectivity index is 1.57. The number of nitrogens with zero attached hydrogens (tertiary/aromatic N) is 2. The SMILES string of the molecule is C=CC(=O)Nc1cccc(C2C=C(CN3CCOCC3)C=C(Nc3ncc(C)s3)N2)c1. The van der Waals surface area contributed by atoms with Gasteiger partial charge in [-0.25, -0.2) is 4.98 Å². The van der Waals surface area contributed by atoms with Gasteiger partial charge in [0.1, 0.15) is 5.82 Å². The molecule has 1 saturated heterocycles. The van der Waals surface area contributed by atoms with E-state index in [1.165, 1.54) is 11.6 Å². The van der Waals surface area contributed by atoms with Crippen molar-refractivity contribution in [2.75, 3.05) is 43.5 Å². The first-order valence-electron chi connectivity index (χ1n) is 10.3. The van der Waals surface area contributed by atoms with Crippen molar-refractivity contribution in [1.82, 2.24) is 15.2 Å². The van der Waals surface area contributed by atoms with Crippen molar-refractivity contribution in [2.24, 2.45) is 0 Å². The van der Waals surface area contributed by atoms with Crippen LogP contribution in [-0.2, 0) is 9.53 Å². The molecule has 8 heteroatoms. The van der Waals surface area contributed by atoms with E-state index in [1.807, 2.05) is 31.3 Å². The van der Waals surface area contributed by atoms with Crippen molar-refractivity contribution >= 4 is 28.1 Å². The molecule has 0 radical (unpaired) electrons. The fraction of sp³-hybridized carbons (Fsp3) is 0.304. The van der Waals surface area contributed by atoms with Crippen LogP contribution < -0.4 is 16.0 Å². The van der Waals surface area contributed by atoms with Crippen molar-refractivity contribution in [1.29, 1.82) is 0 Å². The third kappa shape index (κ3) is 5.81. The zero-order valence-corrected chi connectivity index (χ0v) is 18.4. The molecule has 1 unspecified atom stereocenters. The molecule has 3 N–H and O–H groups in total. The molecule has 0 spiro atoms. The first-order valence-corrected chi connectivity index (χ1v) is 11.1. The van der Waals surface area contributed by atoms with E-state index in [0.717, 1.165) is 59.9 Å². The van der Waals surface area contributed by atoms with E-state index in [4.69, 9.17) is 4.74 Å². The van der Waals surface area contributed by atoms with Gasteiger partial charge in [-0.05, 0) is 42.3 Å². The van der Waals surface area contributed by atoms with E-state index in [1.54, 1.807) is 11.3 Å². The van der Waals surface area contributed by atoms with Gasteiger partial charge in [0.15, 0.2) is 5.13 Å². The summed E-state index contributed by atoms with van der Waals surface area (Å²) in [5, 5.41) is 10.7. The lowest BCUT2D eigenvalue weighted by molar-refractivity contribution is -0.111. The molecule has 0 saturated carbocycles. The summed E-state index contributed by atoms with van der Waals surface area (Å²) >= 11 is 1.62. The van der Waals surface area contributed by atoms with Crippen LogP contribution in [0.1, 0.15) is 16.5 Å². The van der Waals surface area contributed by atoms with E-state index in [-0.39, 0.29) is 11.9 Å². The molecule has 162 valence electrons. The number of aromatic nitrogens is 1. The van der Waals surface area contributed by atoms with Crippen molar-refractivity contribution in [3.05, 3.63) is 77.1 Å². The Kier molecular flexibility index (Phi) is 6.81. The summed E-state index contributed by atoms with van der Waals surface area (Å²) in [4.78, 5) is 19.7. The van der Waals surface area contributed by atoms with Crippen LogP contribution >= 0.6 is 11.3 Å². The van der Waals surface area contributed by atoms with Crippen LogP contribution in [0.15, 0.2) is 66.7 Å². The lowest BCUT2D eigenvalue weighted by atomic mass is 9.99. The van der Waals surface area contributed by atoms with Gasteiger partial charge in [-0.2, -0.15) is 0 Å². The Bertz CT molecular complexity index is 1010. The fourth-order valence-electron chi connectivity index (χ4n) is 3.60. The topological polar surface area (TPSA) is 78.5 Å². The smallest absolute Gasteiger partial charge is 0.247 e. The van der Waals surface area contributed by atoms with Crippen LogP contribution in [0.3, 0.4) is 0 Å². The summed E-state index contributed by atoms with van der Waals surface area (Å²) in [5.74, 6) is 0.685. The monoisotopic (exact) mass is 437 g/mol. The van der Waals surface area contributed by atoms with Crippen molar-refractivity contribution in [3.8, 4) is 0 Å². The first-order chi connectivity index (χ1) is 15.1. The Morgan fingerprint density at radius 3 is 3.00 bits per heavy atom. The number of amides is 1. The minimum Gasteiger partial charge on any atom is -0.379 e. The number of rotatable bonds is 7. The number of morpholine rings is 1. The fourth-order valence-corrected chi connectivity index (χ4v) is 4.27. The number of carbonyl (C=O) groups excluding carboxylic acids is 1. The van der Waals surface area contributed by atoms with Gasteiger partial charge in [-0.15, -0.1) is 11.3 Å². The van der Waals surface area contributed by atoms with Crippen LogP contribution in [0, 0.1) is 6.92 Å². The predicted molar refractivity (Wildman–Crippen MR) is 125 cm³/mol. The molecule has 7 nitrogen and oxygen atoms in total. The molecule has 4 rings (SSSR count). The summed E-state index contributed by atoms with van der Waals surface area (Å²) < 4.78 is 5.49. The van der Waals surface area contributed by atoms with Crippen molar-refractivity contribution in [3.63, 3.8) is 0 Å². The highest BCUT2D eigenvalue weighted by Crippen LogP contribution is 2.27. The average molecular weight is 438 g/mol. The van der Waals surface area contributed by atoms with Gasteiger partial charge in [0.2, 0.25) is 5.91 Å². The summed E-state index contributed by atoms with van der Waals surface area (Å²) in [6.45, 7) is 9.82. The number of nitrogens with one attached hydrogen (secondary N) is 3. The average Bonchev–Trinajstić information content (AvgIpc) is 3.19. The zero-order chi connectivity index (χ0) is 21.6. The van der Waals surface area contributed by atoms with Crippen LogP contribution in [0.2, 0.25) is 0 Å². The Hall–Kier alpha value is -2.94. The van der Waals surface area contributed by atoms with Gasteiger partial charge < -0.3 is 20.7 Å². The third-order valence-corrected chi connectivity index (χ3v) is 5.92. The van der Waals surface area contributed by atoms with E-state index < -0.39 is 0 Å². The number of ether oxygens (including phenoxy) is 1. The Labute approximate surface area is 186 Å². The molecule has 2 aliphatic heterocycles. The highest BCUT2D eigenvalue weighted by molar-refractivity contribution is 7.15. The van der Waals surface area contributed by atoms with E-state index in [9.17, 15) is 4.79 Å². The van der Waals surface area contributed by atoms with Gasteiger partial charge in [0.05, 0.1) is 19.3 Å². The van der Waals surface area contributed by atoms with Crippen LogP contribution in [0.4, 0.5) is 10.8 Å². The molecule has 1 atom stereocenters. The first kappa shape index (κ1) is 21.3. The second kappa shape index (κ2) is 9.91. The maximum Gasteiger partial charge on any atom is 0.247 e. The molecular formula is C23H27N5O2S. The minimum absolute atomic E-state index is 0.0369. The number of hydrogen-bond donors (Lipinski definition) is 3. The number of aryl methyl sites for hydroxylation is 1. The molecule has 2 aromatic rings. The molecular weight excluding hydrogens is 410 g/mol. The quantitative estimate of drug-likeness (QED) is 0.576. The molecule has 1 aromatic carbocycles. The zero-order valence-electron chi connectivity index (χ0n) is 17.6. The van der Waals surface area contributed by atoms with Gasteiger partial charge in [0.25, 0.3) is 0 Å². The Morgan fingerprint density at radius 2 is 2.26 bits per heavy atom. The van der Waals surface area contributed by atoms with E-state index >= 15 is 0 Å². The van der Waals surface area contributed by atoms with Gasteiger partial charge in [-0.3, -0.25) is 9.69 Å². The highest BCUT2D eigenvalue weighted by atomic mass is 32.1. The minimum atomic E-state index is -0.223. The van der Waals surface area contributed by atoms with Crippen molar-refractivity contribution in [2.45, 2.75) is 13.0 Å². The molecule has 1 amide bonds. The number of dihydropyridines is 1. The van der Waals surface area contributed by atoms with E-state index in [2.05, 4.69) is 50.6 Å². The summed E-state index contributed by atoms with van der Waals surface area (Å²) in [6.07, 6.45) is 7.52. The molecule has 1 aromatic heterocycles. The summed E-state index contributed by atoms with van der Waals surface area (Å²) in [5.41, 5.74) is 3.03. The Morgan fingerprint density at radius 1 is 1.42 bits per heavy atom. The van der Waals surface area contributed by atoms with E-state index in [0.29, 0.717) is 0 Å². The number of anilines is 2. The normalized spacial score (nSPS) is 19.1. The number of hydrogen-bond acceptors (Lipinski definition) is 7. The number of benzene rings is 1. The summed E-state index contributed by atoms with van der Waals surface area (Å²) in [6, 6.07) is 7.82. The maximum absolute atomic E-state index is 11.7. The number of thiazole rings is 1. The molecule has 3 heterocycles. The molecule has 1 fully saturated rings. The molecule has 0 aliphatic carbocycles. The number of carbonyl (C=O) groups is 1. The van der Waals surface area contributed by atoms with Gasteiger partial charge >= 0.3 is 0 Å². The molecule has 2 aliphatic rings. The maximum atomic E-state index is 11.7. The second-order valence-corrected chi connectivity index (χ2v) is 8.76. The van der Waals surface area contributed by atoms with Crippen LogP contribution in [-0.4, -0.2) is 48.6 Å². The standard InChI is InChI=1S/C23H27N5O2S/c1-3-22(29)25-19-6-4-5-18(13-19)20-11-17(15-28-7-9-30-10-8-28)12-21(26-20)27-23-24-14-16(2)31-23/h3-6,11-14,20,26H,1,7-10,15H2,2H3,(H,24,27)(H,25,29). The lowest BCUT2D eigenvalue weighted by Gasteiger charge is -2.30. The van der Waals surface area contributed by atoms with Crippen molar-refractivity contribution < 1.29 is 9.53 Å². The van der Waals surface area contributed by atoms with Crippen LogP contribution in [0.5, 0.6) is 0 Å². The summed E-state index contributed by atoms with van der Waals surface area (Å²) in [7, 11) is 0. The molecule has 0 bridgehead atoms. The largest absolute Gasteiger partial charge is 0.379 e. The second-order valence-electron chi connectivity index (χ2n) is 7.53. The van der Waals surface area contributed by atoms with Gasteiger partial charge in [-0.1, -0.05) is 24.8 Å². The third-order valence-electron chi connectivity index (χ3n) is 5.09. The highest BCUT2D eigenvalue weighted by Gasteiger charge is 2.20. The molecule has 31 heavy (non-hydrogen) atoms. The predicted octanol–water partition coefficient (Wildman–Crippen LogP) is 3.43. The van der Waals surface area contributed by atoms with Gasteiger partial charge in [0, 0.05) is 36.4 Å².